The highest BCUT2D eigenvalue weighted by Gasteiger charge is 2.43. The molecule has 234 valence electrons. The molecule has 12 heteroatoms. The zero-order valence-corrected chi connectivity index (χ0v) is 26.1. The average molecular weight is 606 g/mol. The standard InChI is InChI=1S/C30H47N5O6S/c1-20(2)27(33-28(36)21(3)31-4)29(37)35-18-17-34(42(39,40)23-13-6-5-7-14-23)19-26(35)41-30(38)32-25-16-10-12-22-11-8-9-15-24(22)25/h8-9,11,15,20-21,23,25-27,31H,5-7,10,12-14,16-19H2,1-4H3,(H,32,38)(H,33,36)/t21-,25?,26-,27-/m0/s1. The van der Waals surface area contributed by atoms with Gasteiger partial charge in [-0.2, -0.15) is 4.31 Å². The maximum absolute atomic E-state index is 13.9. The maximum Gasteiger partial charge on any atom is 0.409 e. The summed E-state index contributed by atoms with van der Waals surface area (Å²) in [4.78, 5) is 41.3. The van der Waals surface area contributed by atoms with Crippen LogP contribution in [0.5, 0.6) is 0 Å². The Morgan fingerprint density at radius 2 is 1.69 bits per heavy atom. The quantitative estimate of drug-likeness (QED) is 0.394. The minimum absolute atomic E-state index is 0.0513. The molecule has 1 aliphatic heterocycles. The van der Waals surface area contributed by atoms with Gasteiger partial charge in [0.25, 0.3) is 0 Å². The van der Waals surface area contributed by atoms with Crippen LogP contribution in [0.15, 0.2) is 24.3 Å². The van der Waals surface area contributed by atoms with E-state index in [0.29, 0.717) is 12.8 Å². The number of benzene rings is 1. The van der Waals surface area contributed by atoms with Gasteiger partial charge < -0.3 is 25.6 Å². The molecule has 4 atom stereocenters. The molecule has 0 spiro atoms. The highest BCUT2D eigenvalue weighted by molar-refractivity contribution is 7.89. The predicted octanol–water partition coefficient (Wildman–Crippen LogP) is 2.67. The SMILES string of the molecule is CN[C@@H](C)C(=O)N[C@H](C(=O)N1CCN(S(=O)(=O)C2CCCCC2)C[C@@H]1OC(=O)NC1CCCc2ccccc21)C(C)C. The number of rotatable bonds is 9. The Morgan fingerprint density at radius 1 is 0.976 bits per heavy atom. The van der Waals surface area contributed by atoms with Crippen molar-refractivity contribution in [1.82, 2.24) is 25.2 Å². The van der Waals surface area contributed by atoms with Crippen molar-refractivity contribution in [3.63, 3.8) is 0 Å². The van der Waals surface area contributed by atoms with Crippen LogP contribution < -0.4 is 16.0 Å². The summed E-state index contributed by atoms with van der Waals surface area (Å²) < 4.78 is 34.5. The number of carbonyl (C=O) groups excluding carboxylic acids is 3. The number of hydrogen-bond acceptors (Lipinski definition) is 7. The summed E-state index contributed by atoms with van der Waals surface area (Å²) in [5.74, 6) is -0.978. The molecule has 1 aromatic rings. The van der Waals surface area contributed by atoms with E-state index in [1.165, 1.54) is 14.8 Å². The fourth-order valence-corrected chi connectivity index (χ4v) is 8.21. The number of piperazine rings is 1. The topological polar surface area (TPSA) is 137 Å². The molecule has 42 heavy (non-hydrogen) atoms. The zero-order valence-electron chi connectivity index (χ0n) is 25.3. The molecule has 2 fully saturated rings. The fraction of sp³-hybridized carbons (Fsp3) is 0.700. The lowest BCUT2D eigenvalue weighted by atomic mass is 9.88. The molecule has 1 unspecified atom stereocenters. The van der Waals surface area contributed by atoms with Gasteiger partial charge in [0.15, 0.2) is 6.23 Å². The van der Waals surface area contributed by atoms with Gasteiger partial charge in [-0.15, -0.1) is 0 Å². The Kier molecular flexibility index (Phi) is 10.9. The first-order valence-corrected chi connectivity index (χ1v) is 16.8. The molecule has 0 bridgehead atoms. The molecule has 1 saturated carbocycles. The van der Waals surface area contributed by atoms with Crippen molar-refractivity contribution < 1.29 is 27.5 Å². The van der Waals surface area contributed by atoms with Gasteiger partial charge in [-0.05, 0) is 63.1 Å². The van der Waals surface area contributed by atoms with Crippen molar-refractivity contribution in [3.8, 4) is 0 Å². The van der Waals surface area contributed by atoms with Crippen LogP contribution in [-0.2, 0) is 30.8 Å². The Bertz CT molecular complexity index is 1220. The fourth-order valence-electron chi connectivity index (χ4n) is 6.19. The van der Waals surface area contributed by atoms with Gasteiger partial charge in [0.1, 0.15) is 6.04 Å². The molecule has 3 amide bonds. The first-order valence-electron chi connectivity index (χ1n) is 15.3. The molecular formula is C30H47N5O6S. The highest BCUT2D eigenvalue weighted by Crippen LogP contribution is 2.31. The molecule has 1 saturated heterocycles. The first-order chi connectivity index (χ1) is 20.0. The van der Waals surface area contributed by atoms with Crippen molar-refractivity contribution in [3.05, 3.63) is 35.4 Å². The second-order valence-corrected chi connectivity index (χ2v) is 14.3. The van der Waals surface area contributed by atoms with E-state index < -0.39 is 45.6 Å². The van der Waals surface area contributed by atoms with E-state index in [4.69, 9.17) is 4.74 Å². The third kappa shape index (κ3) is 7.44. The van der Waals surface area contributed by atoms with Gasteiger partial charge in [0.2, 0.25) is 21.8 Å². The Labute approximate surface area is 250 Å². The van der Waals surface area contributed by atoms with Crippen LogP contribution in [0, 0.1) is 5.92 Å². The summed E-state index contributed by atoms with van der Waals surface area (Å²) in [6, 6.07) is 6.36. The molecule has 1 aromatic carbocycles. The van der Waals surface area contributed by atoms with Crippen molar-refractivity contribution in [2.45, 2.75) is 102 Å². The van der Waals surface area contributed by atoms with Gasteiger partial charge in [-0.25, -0.2) is 13.2 Å². The molecule has 3 N–H and O–H groups in total. The number of carbonyl (C=O) groups is 3. The lowest BCUT2D eigenvalue weighted by Crippen LogP contribution is -2.63. The van der Waals surface area contributed by atoms with Crippen molar-refractivity contribution >= 4 is 27.9 Å². The summed E-state index contributed by atoms with van der Waals surface area (Å²) >= 11 is 0. The third-order valence-corrected chi connectivity index (χ3v) is 11.2. The molecule has 0 aromatic heterocycles. The van der Waals surface area contributed by atoms with E-state index in [0.717, 1.165) is 44.1 Å². The van der Waals surface area contributed by atoms with Crippen LogP contribution in [0.3, 0.4) is 0 Å². The number of alkyl carbamates (subject to hydrolysis) is 1. The number of likely N-dealkylation sites (N-methyl/N-ethyl adjacent to an activating group) is 1. The molecule has 1 heterocycles. The minimum atomic E-state index is -3.63. The molecular weight excluding hydrogens is 558 g/mol. The van der Waals surface area contributed by atoms with Crippen LogP contribution in [0.25, 0.3) is 0 Å². The second kappa shape index (κ2) is 14.2. The molecule has 2 aliphatic carbocycles. The predicted molar refractivity (Wildman–Crippen MR) is 160 cm³/mol. The van der Waals surface area contributed by atoms with Gasteiger partial charge in [0.05, 0.1) is 23.9 Å². The highest BCUT2D eigenvalue weighted by atomic mass is 32.2. The zero-order chi connectivity index (χ0) is 30.4. The molecule has 4 rings (SSSR count). The van der Waals surface area contributed by atoms with Gasteiger partial charge in [-0.1, -0.05) is 57.4 Å². The summed E-state index contributed by atoms with van der Waals surface area (Å²) in [5.41, 5.74) is 2.22. The van der Waals surface area contributed by atoms with Crippen molar-refractivity contribution in [2.24, 2.45) is 5.92 Å². The molecule has 11 nitrogen and oxygen atoms in total. The number of ether oxygens (including phenoxy) is 1. The summed E-state index contributed by atoms with van der Waals surface area (Å²) in [5, 5.41) is 8.20. The van der Waals surface area contributed by atoms with Crippen LogP contribution in [0.4, 0.5) is 4.79 Å². The molecule has 3 aliphatic rings. The van der Waals surface area contributed by atoms with Crippen LogP contribution in [0.2, 0.25) is 0 Å². The summed E-state index contributed by atoms with van der Waals surface area (Å²) in [6.45, 7) is 5.37. The van der Waals surface area contributed by atoms with E-state index in [1.54, 1.807) is 14.0 Å². The normalized spacial score (nSPS) is 23.5. The lowest BCUT2D eigenvalue weighted by Gasteiger charge is -2.43. The van der Waals surface area contributed by atoms with Gasteiger partial charge in [-0.3, -0.25) is 9.59 Å². The Morgan fingerprint density at radius 3 is 2.38 bits per heavy atom. The van der Waals surface area contributed by atoms with E-state index in [1.807, 2.05) is 32.0 Å². The Balaban J connectivity index is 1.55. The monoisotopic (exact) mass is 605 g/mol. The third-order valence-electron chi connectivity index (χ3n) is 8.88. The number of nitrogens with zero attached hydrogens (tertiary/aromatic N) is 2. The first kappa shape index (κ1) is 32.2. The summed E-state index contributed by atoms with van der Waals surface area (Å²) in [7, 11) is -1.97. The van der Waals surface area contributed by atoms with E-state index in [-0.39, 0.29) is 37.5 Å². The maximum atomic E-state index is 13.9. The number of fused-ring (bicyclic) bond motifs is 1. The van der Waals surface area contributed by atoms with Gasteiger partial charge in [0, 0.05) is 13.1 Å². The van der Waals surface area contributed by atoms with Crippen molar-refractivity contribution in [2.75, 3.05) is 26.7 Å². The number of nitrogens with one attached hydrogen (secondary N) is 3. The smallest absolute Gasteiger partial charge is 0.409 e. The number of aryl methyl sites for hydroxylation is 1. The number of sulfonamides is 1. The minimum Gasteiger partial charge on any atom is -0.424 e. The van der Waals surface area contributed by atoms with E-state index in [2.05, 4.69) is 22.0 Å². The van der Waals surface area contributed by atoms with E-state index >= 15 is 0 Å². The van der Waals surface area contributed by atoms with Crippen LogP contribution in [0.1, 0.15) is 82.9 Å². The van der Waals surface area contributed by atoms with Crippen molar-refractivity contribution in [1.29, 1.82) is 0 Å². The second-order valence-electron chi connectivity index (χ2n) is 12.1. The number of amides is 3. The van der Waals surface area contributed by atoms with Crippen LogP contribution >= 0.6 is 0 Å². The van der Waals surface area contributed by atoms with E-state index in [9.17, 15) is 22.8 Å². The average Bonchev–Trinajstić information content (AvgIpc) is 2.99. The largest absolute Gasteiger partial charge is 0.424 e. The lowest BCUT2D eigenvalue weighted by molar-refractivity contribution is -0.150. The van der Waals surface area contributed by atoms with Crippen LogP contribution in [-0.4, -0.2) is 85.8 Å². The summed E-state index contributed by atoms with van der Waals surface area (Å²) in [6.07, 6.45) is 4.77. The Hall–Kier alpha value is -2.70. The molecule has 0 radical (unpaired) electrons. The number of hydrogen-bond donors (Lipinski definition) is 3. The van der Waals surface area contributed by atoms with Gasteiger partial charge >= 0.3 is 6.09 Å².